The van der Waals surface area contributed by atoms with Crippen LogP contribution in [0.15, 0.2) is 54.9 Å². The second-order valence-corrected chi connectivity index (χ2v) is 4.70. The van der Waals surface area contributed by atoms with Crippen molar-refractivity contribution in [1.82, 2.24) is 9.97 Å². The number of hydrogen-bond donors (Lipinski definition) is 1. The Kier molecular flexibility index (Phi) is 3.96. The normalized spacial score (nSPS) is 10.4. The third-order valence-corrected chi connectivity index (χ3v) is 3.17. The van der Waals surface area contributed by atoms with Crippen LogP contribution in [0.3, 0.4) is 0 Å². The van der Waals surface area contributed by atoms with Gasteiger partial charge in [0.1, 0.15) is 0 Å². The summed E-state index contributed by atoms with van der Waals surface area (Å²) >= 11 is 0. The van der Waals surface area contributed by atoms with Gasteiger partial charge in [-0.15, -0.1) is 0 Å². The Labute approximate surface area is 128 Å². The van der Waals surface area contributed by atoms with E-state index in [1.807, 2.05) is 43.3 Å². The number of nitrogens with one attached hydrogen (secondary N) is 1. The van der Waals surface area contributed by atoms with Gasteiger partial charge in [0.2, 0.25) is 0 Å². The van der Waals surface area contributed by atoms with Gasteiger partial charge in [-0.05, 0) is 29.8 Å². The molecule has 0 aliphatic carbocycles. The molecule has 0 radical (unpaired) electrons. The summed E-state index contributed by atoms with van der Waals surface area (Å²) in [5.74, 6) is -0.196. The number of fused-ring (bicyclic) bond motifs is 1. The summed E-state index contributed by atoms with van der Waals surface area (Å²) < 4.78 is 5.16. The van der Waals surface area contributed by atoms with Crippen LogP contribution in [0.25, 0.3) is 10.8 Å². The van der Waals surface area contributed by atoms with Gasteiger partial charge in [0, 0.05) is 5.56 Å². The molecule has 0 aliphatic heterocycles. The van der Waals surface area contributed by atoms with Crippen molar-refractivity contribution in [3.8, 4) is 6.01 Å². The molecule has 0 saturated carbocycles. The van der Waals surface area contributed by atoms with Crippen molar-refractivity contribution in [1.29, 1.82) is 0 Å². The van der Waals surface area contributed by atoms with Crippen LogP contribution in [-0.4, -0.2) is 22.5 Å². The van der Waals surface area contributed by atoms with E-state index >= 15 is 0 Å². The van der Waals surface area contributed by atoms with Gasteiger partial charge in [0.25, 0.3) is 5.91 Å². The maximum absolute atomic E-state index is 12.3. The van der Waals surface area contributed by atoms with Crippen LogP contribution in [0.2, 0.25) is 0 Å². The first kappa shape index (κ1) is 14.0. The second kappa shape index (κ2) is 6.22. The predicted octanol–water partition coefficient (Wildman–Crippen LogP) is 3.28. The lowest BCUT2D eigenvalue weighted by molar-refractivity contribution is 0.102. The van der Waals surface area contributed by atoms with Gasteiger partial charge in [0.15, 0.2) is 0 Å². The Morgan fingerprint density at radius 2 is 1.82 bits per heavy atom. The molecule has 0 spiro atoms. The summed E-state index contributed by atoms with van der Waals surface area (Å²) in [7, 11) is 0. The van der Waals surface area contributed by atoms with E-state index in [9.17, 15) is 4.79 Å². The maximum Gasteiger partial charge on any atom is 0.316 e. The first-order valence-corrected chi connectivity index (χ1v) is 7.01. The van der Waals surface area contributed by atoms with Crippen LogP contribution in [0.5, 0.6) is 6.01 Å². The van der Waals surface area contributed by atoms with Gasteiger partial charge in [-0.1, -0.05) is 30.3 Å². The SMILES string of the molecule is CCOc1ncc(NC(=O)c2ccc3ccccc3c2)cn1. The van der Waals surface area contributed by atoms with E-state index in [2.05, 4.69) is 15.3 Å². The molecule has 110 valence electrons. The lowest BCUT2D eigenvalue weighted by Gasteiger charge is -2.06. The van der Waals surface area contributed by atoms with Crippen molar-refractivity contribution in [2.45, 2.75) is 6.92 Å². The molecular weight excluding hydrogens is 278 g/mol. The molecule has 3 rings (SSSR count). The summed E-state index contributed by atoms with van der Waals surface area (Å²) in [5.41, 5.74) is 1.12. The van der Waals surface area contributed by atoms with Crippen molar-refractivity contribution in [2.75, 3.05) is 11.9 Å². The number of carbonyl (C=O) groups is 1. The summed E-state index contributed by atoms with van der Waals surface area (Å²) in [6, 6.07) is 13.8. The Morgan fingerprint density at radius 3 is 2.55 bits per heavy atom. The molecule has 5 nitrogen and oxygen atoms in total. The quantitative estimate of drug-likeness (QED) is 0.801. The molecule has 1 heterocycles. The minimum Gasteiger partial charge on any atom is -0.464 e. The zero-order valence-corrected chi connectivity index (χ0v) is 12.1. The number of benzene rings is 2. The molecule has 0 atom stereocenters. The molecule has 5 heteroatoms. The van der Waals surface area contributed by atoms with Crippen LogP contribution < -0.4 is 10.1 Å². The summed E-state index contributed by atoms with van der Waals surface area (Å²) in [6.45, 7) is 2.36. The van der Waals surface area contributed by atoms with Crippen molar-refractivity contribution >= 4 is 22.4 Å². The number of aromatic nitrogens is 2. The Bertz CT molecular complexity index is 800. The number of hydrogen-bond acceptors (Lipinski definition) is 4. The first-order chi connectivity index (χ1) is 10.8. The minimum absolute atomic E-state index is 0.196. The predicted molar refractivity (Wildman–Crippen MR) is 85.1 cm³/mol. The fraction of sp³-hybridized carbons (Fsp3) is 0.118. The fourth-order valence-electron chi connectivity index (χ4n) is 2.12. The van der Waals surface area contributed by atoms with Crippen molar-refractivity contribution in [3.05, 3.63) is 60.4 Å². The second-order valence-electron chi connectivity index (χ2n) is 4.70. The highest BCUT2D eigenvalue weighted by Crippen LogP contribution is 2.17. The number of nitrogens with zero attached hydrogens (tertiary/aromatic N) is 2. The van der Waals surface area contributed by atoms with E-state index in [-0.39, 0.29) is 5.91 Å². The van der Waals surface area contributed by atoms with Crippen LogP contribution >= 0.6 is 0 Å². The minimum atomic E-state index is -0.196. The van der Waals surface area contributed by atoms with Gasteiger partial charge in [-0.2, -0.15) is 0 Å². The van der Waals surface area contributed by atoms with E-state index < -0.39 is 0 Å². The molecule has 0 fully saturated rings. The van der Waals surface area contributed by atoms with E-state index in [0.717, 1.165) is 10.8 Å². The number of amides is 1. The highest BCUT2D eigenvalue weighted by molar-refractivity contribution is 6.06. The lowest BCUT2D eigenvalue weighted by Crippen LogP contribution is -2.12. The number of rotatable bonds is 4. The third kappa shape index (κ3) is 3.03. The molecule has 22 heavy (non-hydrogen) atoms. The van der Waals surface area contributed by atoms with Crippen molar-refractivity contribution < 1.29 is 9.53 Å². The molecule has 1 amide bonds. The van der Waals surface area contributed by atoms with Crippen molar-refractivity contribution in [3.63, 3.8) is 0 Å². The van der Waals surface area contributed by atoms with Gasteiger partial charge in [-0.3, -0.25) is 4.79 Å². The Hall–Kier alpha value is -2.95. The molecule has 0 saturated heterocycles. The van der Waals surface area contributed by atoms with Gasteiger partial charge in [-0.25, -0.2) is 9.97 Å². The van der Waals surface area contributed by atoms with Gasteiger partial charge < -0.3 is 10.1 Å². The molecule has 2 aromatic carbocycles. The van der Waals surface area contributed by atoms with Gasteiger partial charge in [0.05, 0.1) is 24.7 Å². The molecule has 1 N–H and O–H groups in total. The monoisotopic (exact) mass is 293 g/mol. The van der Waals surface area contributed by atoms with E-state index in [1.165, 1.54) is 12.4 Å². The summed E-state index contributed by atoms with van der Waals surface area (Å²) in [4.78, 5) is 20.3. The fourth-order valence-corrected chi connectivity index (χ4v) is 2.12. The van der Waals surface area contributed by atoms with Gasteiger partial charge >= 0.3 is 6.01 Å². The highest BCUT2D eigenvalue weighted by atomic mass is 16.5. The molecule has 0 bridgehead atoms. The average molecular weight is 293 g/mol. The topological polar surface area (TPSA) is 64.1 Å². The van der Waals surface area contributed by atoms with E-state index in [4.69, 9.17) is 4.74 Å². The molecule has 0 unspecified atom stereocenters. The number of ether oxygens (including phenoxy) is 1. The third-order valence-electron chi connectivity index (χ3n) is 3.17. The summed E-state index contributed by atoms with van der Waals surface area (Å²) in [5, 5.41) is 4.90. The van der Waals surface area contributed by atoms with Crippen LogP contribution in [0, 0.1) is 0 Å². The standard InChI is InChI=1S/C17H15N3O2/c1-2-22-17-18-10-15(11-19-17)20-16(21)14-8-7-12-5-3-4-6-13(12)9-14/h3-11H,2H2,1H3,(H,20,21). The van der Waals surface area contributed by atoms with Crippen LogP contribution in [-0.2, 0) is 0 Å². The molecule has 0 aliphatic rings. The van der Waals surface area contributed by atoms with E-state index in [1.54, 1.807) is 6.07 Å². The Balaban J connectivity index is 1.77. The lowest BCUT2D eigenvalue weighted by atomic mass is 10.1. The zero-order valence-electron chi connectivity index (χ0n) is 12.1. The van der Waals surface area contributed by atoms with Crippen LogP contribution in [0.1, 0.15) is 17.3 Å². The smallest absolute Gasteiger partial charge is 0.316 e. The first-order valence-electron chi connectivity index (χ1n) is 7.01. The maximum atomic E-state index is 12.3. The number of carbonyl (C=O) groups excluding carboxylic acids is 1. The molecule has 3 aromatic rings. The van der Waals surface area contributed by atoms with Crippen LogP contribution in [0.4, 0.5) is 5.69 Å². The Morgan fingerprint density at radius 1 is 1.09 bits per heavy atom. The highest BCUT2D eigenvalue weighted by Gasteiger charge is 2.07. The number of anilines is 1. The van der Waals surface area contributed by atoms with E-state index in [0.29, 0.717) is 23.9 Å². The molecule has 1 aromatic heterocycles. The summed E-state index contributed by atoms with van der Waals surface area (Å²) in [6.07, 6.45) is 3.05. The largest absolute Gasteiger partial charge is 0.464 e. The van der Waals surface area contributed by atoms with Crippen molar-refractivity contribution in [2.24, 2.45) is 0 Å². The molecular formula is C17H15N3O2. The average Bonchev–Trinajstić information content (AvgIpc) is 2.56. The zero-order chi connectivity index (χ0) is 15.4.